The molecule has 0 aliphatic carbocycles. The van der Waals surface area contributed by atoms with Gasteiger partial charge in [0.2, 0.25) is 17.8 Å². The standard InChI is InChI=1S/C21H23Cl2N5O3/c1-10-3-11(2)9-28(8-10)21-26-18-17(20(31)27-21)15(7-16(29)25-18)19(30)24-14-5-12(22)4-13(23)6-14/h4-6,10-11,15H,3,7-9H2,1-2H3,(H,24,30)(H2,25,26,27,29,31)/t10-,11-,15-/m1/s1. The van der Waals surface area contributed by atoms with Crippen LogP contribution in [0.5, 0.6) is 0 Å². The first-order valence-corrected chi connectivity index (χ1v) is 10.9. The Kier molecular flexibility index (Phi) is 5.94. The zero-order valence-electron chi connectivity index (χ0n) is 17.2. The molecule has 4 rings (SSSR count). The lowest BCUT2D eigenvalue weighted by molar-refractivity contribution is -0.123. The Morgan fingerprint density at radius 1 is 1.13 bits per heavy atom. The second kappa shape index (κ2) is 8.51. The molecule has 0 unspecified atom stereocenters. The summed E-state index contributed by atoms with van der Waals surface area (Å²) in [5.41, 5.74) is 0.0922. The number of aromatic amines is 1. The topological polar surface area (TPSA) is 107 Å². The van der Waals surface area contributed by atoms with Crippen molar-refractivity contribution in [3.63, 3.8) is 0 Å². The number of nitrogens with zero attached hydrogens (tertiary/aromatic N) is 2. The maximum atomic E-state index is 13.0. The van der Waals surface area contributed by atoms with Crippen LogP contribution in [0.2, 0.25) is 10.0 Å². The fraction of sp³-hybridized carbons (Fsp3) is 0.429. The monoisotopic (exact) mass is 463 g/mol. The third kappa shape index (κ3) is 4.70. The molecule has 1 aromatic heterocycles. The summed E-state index contributed by atoms with van der Waals surface area (Å²) in [6.45, 7) is 5.84. The zero-order valence-corrected chi connectivity index (χ0v) is 18.7. The SMILES string of the molecule is C[C@@H]1C[C@@H](C)CN(c2nc3c(c(=O)[nH]2)[C@H](C(=O)Nc2cc(Cl)cc(Cl)c2)CC(=O)N3)C1. The summed E-state index contributed by atoms with van der Waals surface area (Å²) in [4.78, 5) is 47.6. The third-order valence-electron chi connectivity index (χ3n) is 5.55. The number of carbonyl (C=O) groups excluding carboxylic acids is 2. The molecular weight excluding hydrogens is 441 g/mol. The van der Waals surface area contributed by atoms with E-state index in [-0.39, 0.29) is 23.7 Å². The number of amides is 2. The van der Waals surface area contributed by atoms with E-state index in [1.165, 1.54) is 0 Å². The molecule has 3 atom stereocenters. The molecule has 3 heterocycles. The molecule has 0 saturated carbocycles. The number of benzene rings is 1. The molecular formula is C21H23Cl2N5O3. The van der Waals surface area contributed by atoms with Crippen LogP contribution in [0.4, 0.5) is 17.5 Å². The Hall–Kier alpha value is -2.58. The lowest BCUT2D eigenvalue weighted by Crippen LogP contribution is -2.42. The average Bonchev–Trinajstić information content (AvgIpc) is 2.65. The highest BCUT2D eigenvalue weighted by atomic mass is 35.5. The minimum atomic E-state index is -0.981. The van der Waals surface area contributed by atoms with E-state index in [0.29, 0.717) is 33.5 Å². The summed E-state index contributed by atoms with van der Waals surface area (Å²) in [6.07, 6.45) is 0.952. The Morgan fingerprint density at radius 2 is 1.77 bits per heavy atom. The van der Waals surface area contributed by atoms with Crippen molar-refractivity contribution in [3.8, 4) is 0 Å². The normalized spacial score (nSPS) is 23.2. The van der Waals surface area contributed by atoms with Crippen LogP contribution in [0, 0.1) is 11.8 Å². The molecule has 164 valence electrons. The van der Waals surface area contributed by atoms with Gasteiger partial charge in [-0.15, -0.1) is 0 Å². The fourth-order valence-electron chi connectivity index (χ4n) is 4.42. The number of hydrogen-bond donors (Lipinski definition) is 3. The quantitative estimate of drug-likeness (QED) is 0.643. The molecule has 2 aliphatic rings. The van der Waals surface area contributed by atoms with Crippen LogP contribution in [0.25, 0.3) is 0 Å². The Labute approximate surface area is 189 Å². The number of rotatable bonds is 3. The first kappa shape index (κ1) is 21.6. The van der Waals surface area contributed by atoms with Crippen molar-refractivity contribution >= 4 is 52.5 Å². The first-order chi connectivity index (χ1) is 14.7. The van der Waals surface area contributed by atoms with Crippen LogP contribution in [-0.4, -0.2) is 34.9 Å². The van der Waals surface area contributed by atoms with Gasteiger partial charge in [-0.25, -0.2) is 0 Å². The van der Waals surface area contributed by atoms with Gasteiger partial charge in [-0.1, -0.05) is 37.0 Å². The van der Waals surface area contributed by atoms with Gasteiger partial charge in [0.05, 0.1) is 11.5 Å². The smallest absolute Gasteiger partial charge is 0.258 e. The van der Waals surface area contributed by atoms with Crippen molar-refractivity contribution in [1.82, 2.24) is 9.97 Å². The average molecular weight is 464 g/mol. The molecule has 0 bridgehead atoms. The van der Waals surface area contributed by atoms with Gasteiger partial charge in [-0.3, -0.25) is 19.4 Å². The van der Waals surface area contributed by atoms with Crippen LogP contribution >= 0.6 is 23.2 Å². The maximum Gasteiger partial charge on any atom is 0.258 e. The van der Waals surface area contributed by atoms with E-state index in [4.69, 9.17) is 23.2 Å². The lowest BCUT2D eigenvalue weighted by Gasteiger charge is -2.35. The minimum absolute atomic E-state index is 0.130. The maximum absolute atomic E-state index is 13.0. The Morgan fingerprint density at radius 3 is 2.42 bits per heavy atom. The number of fused-ring (bicyclic) bond motifs is 1. The summed E-state index contributed by atoms with van der Waals surface area (Å²) in [7, 11) is 0. The summed E-state index contributed by atoms with van der Waals surface area (Å²) in [6, 6.07) is 4.62. The van der Waals surface area contributed by atoms with Crippen LogP contribution in [-0.2, 0) is 9.59 Å². The van der Waals surface area contributed by atoms with Gasteiger partial charge in [0, 0.05) is 35.2 Å². The number of piperidine rings is 1. The van der Waals surface area contributed by atoms with Crippen molar-refractivity contribution in [2.75, 3.05) is 28.6 Å². The van der Waals surface area contributed by atoms with Gasteiger partial charge in [0.1, 0.15) is 5.82 Å². The predicted molar refractivity (Wildman–Crippen MR) is 121 cm³/mol. The molecule has 31 heavy (non-hydrogen) atoms. The number of halogens is 2. The number of nitrogens with one attached hydrogen (secondary N) is 3. The van der Waals surface area contributed by atoms with Crippen molar-refractivity contribution in [2.24, 2.45) is 11.8 Å². The van der Waals surface area contributed by atoms with E-state index >= 15 is 0 Å². The molecule has 0 spiro atoms. The highest BCUT2D eigenvalue weighted by Gasteiger charge is 2.35. The van der Waals surface area contributed by atoms with Gasteiger partial charge in [0.25, 0.3) is 5.56 Å². The highest BCUT2D eigenvalue weighted by molar-refractivity contribution is 6.35. The zero-order chi connectivity index (χ0) is 22.3. The third-order valence-corrected chi connectivity index (χ3v) is 5.99. The van der Waals surface area contributed by atoms with Gasteiger partial charge in [-0.2, -0.15) is 4.98 Å². The fourth-order valence-corrected chi connectivity index (χ4v) is 4.95. The van der Waals surface area contributed by atoms with Gasteiger partial charge in [-0.05, 0) is 36.5 Å². The predicted octanol–water partition coefficient (Wildman–Crippen LogP) is 3.62. The molecule has 0 radical (unpaired) electrons. The second-order valence-corrected chi connectivity index (χ2v) is 9.33. The molecule has 3 N–H and O–H groups in total. The number of carbonyl (C=O) groups is 2. The van der Waals surface area contributed by atoms with Crippen LogP contribution < -0.4 is 21.1 Å². The number of aromatic nitrogens is 2. The summed E-state index contributed by atoms with van der Waals surface area (Å²) < 4.78 is 0. The summed E-state index contributed by atoms with van der Waals surface area (Å²) >= 11 is 12.0. The molecule has 10 heteroatoms. The molecule has 8 nitrogen and oxygen atoms in total. The van der Waals surface area contributed by atoms with E-state index in [2.05, 4.69) is 34.4 Å². The van der Waals surface area contributed by atoms with Gasteiger partial charge in [0.15, 0.2) is 0 Å². The number of hydrogen-bond acceptors (Lipinski definition) is 5. The molecule has 1 saturated heterocycles. The molecule has 2 aliphatic heterocycles. The number of H-pyrrole nitrogens is 1. The minimum Gasteiger partial charge on any atom is -0.342 e. The molecule has 2 amide bonds. The van der Waals surface area contributed by atoms with Crippen LogP contribution in [0.3, 0.4) is 0 Å². The summed E-state index contributed by atoms with van der Waals surface area (Å²) in [5.74, 6) is -0.400. The highest BCUT2D eigenvalue weighted by Crippen LogP contribution is 2.32. The van der Waals surface area contributed by atoms with Crippen LogP contribution in [0.1, 0.15) is 38.2 Å². The lowest BCUT2D eigenvalue weighted by atomic mass is 9.91. The van der Waals surface area contributed by atoms with E-state index in [9.17, 15) is 14.4 Å². The van der Waals surface area contributed by atoms with Crippen molar-refractivity contribution in [2.45, 2.75) is 32.6 Å². The van der Waals surface area contributed by atoms with Crippen LogP contribution in [0.15, 0.2) is 23.0 Å². The molecule has 1 aromatic carbocycles. The van der Waals surface area contributed by atoms with Crippen molar-refractivity contribution in [1.29, 1.82) is 0 Å². The summed E-state index contributed by atoms with van der Waals surface area (Å²) in [5, 5.41) is 6.06. The van der Waals surface area contributed by atoms with Gasteiger partial charge >= 0.3 is 0 Å². The largest absolute Gasteiger partial charge is 0.342 e. The first-order valence-electron chi connectivity index (χ1n) is 10.2. The molecule has 2 aromatic rings. The van der Waals surface area contributed by atoms with E-state index < -0.39 is 17.4 Å². The van der Waals surface area contributed by atoms with E-state index in [1.807, 2.05) is 4.90 Å². The van der Waals surface area contributed by atoms with Gasteiger partial charge < -0.3 is 15.5 Å². The van der Waals surface area contributed by atoms with Crippen molar-refractivity contribution in [3.05, 3.63) is 44.2 Å². The number of anilines is 3. The Bertz CT molecular complexity index is 1070. The van der Waals surface area contributed by atoms with E-state index in [1.54, 1.807) is 18.2 Å². The Balaban J connectivity index is 1.65. The second-order valence-electron chi connectivity index (χ2n) is 8.46. The molecule has 1 fully saturated rings. The van der Waals surface area contributed by atoms with Crippen molar-refractivity contribution < 1.29 is 9.59 Å². The van der Waals surface area contributed by atoms with E-state index in [0.717, 1.165) is 19.5 Å².